The highest BCUT2D eigenvalue weighted by molar-refractivity contribution is 5.10. The van der Waals surface area contributed by atoms with Gasteiger partial charge in [0.05, 0.1) is 0 Å². The predicted octanol–water partition coefficient (Wildman–Crippen LogP) is 3.84. The molecule has 1 rings (SSSR count). The second-order valence-electron chi connectivity index (χ2n) is 2.77. The Hall–Kier alpha value is -1.00. The van der Waals surface area contributed by atoms with Crippen LogP contribution in [0, 0.1) is 0 Å². The molecule has 0 N–H and O–H groups in total. The second-order valence-corrected chi connectivity index (χ2v) is 2.77. The van der Waals surface area contributed by atoms with Crippen molar-refractivity contribution in [2.24, 2.45) is 0 Å². The molecule has 0 spiro atoms. The third-order valence-corrected chi connectivity index (χ3v) is 1.39. The van der Waals surface area contributed by atoms with E-state index in [0.29, 0.717) is 0 Å². The average molecular weight is 209 g/mol. The fourth-order valence-corrected chi connectivity index (χ4v) is 0.695. The van der Waals surface area contributed by atoms with Crippen molar-refractivity contribution in [1.29, 1.82) is 0 Å². The smallest absolute Gasteiger partial charge is 0.361 e. The van der Waals surface area contributed by atoms with Crippen LogP contribution in [0.1, 0.15) is 45.1 Å². The van der Waals surface area contributed by atoms with Gasteiger partial charge >= 0.3 is 6.18 Å². The minimum atomic E-state index is -4.41. The molecule has 0 atom stereocenters. The predicted molar refractivity (Wildman–Crippen MR) is 46.9 cm³/mol. The lowest BCUT2D eigenvalue weighted by molar-refractivity contribution is -0.142. The molecule has 1 aromatic heterocycles. The molecule has 1 aromatic rings. The van der Waals surface area contributed by atoms with Gasteiger partial charge in [0.2, 0.25) is 0 Å². The lowest BCUT2D eigenvalue weighted by Gasteiger charge is -1.97. The van der Waals surface area contributed by atoms with Crippen molar-refractivity contribution >= 4 is 0 Å². The molecule has 82 valence electrons. The topological polar surface area (TPSA) is 26.0 Å². The highest BCUT2D eigenvalue weighted by Gasteiger charge is 2.35. The Kier molecular flexibility index (Phi) is 4.67. The van der Waals surface area contributed by atoms with E-state index in [4.69, 9.17) is 0 Å². The zero-order valence-electron chi connectivity index (χ0n) is 8.64. The summed E-state index contributed by atoms with van der Waals surface area (Å²) in [6.07, 6.45) is -4.41. The monoisotopic (exact) mass is 209 g/mol. The molecular weight excluding hydrogens is 195 g/mol. The Labute approximate surface area is 81.1 Å². The number of hydrogen-bond acceptors (Lipinski definition) is 2. The summed E-state index contributed by atoms with van der Waals surface area (Å²) >= 11 is 0. The van der Waals surface area contributed by atoms with Gasteiger partial charge in [0.1, 0.15) is 5.76 Å². The number of nitrogens with zero attached hydrogens (tertiary/aromatic N) is 1. The lowest BCUT2D eigenvalue weighted by atomic mass is 10.1. The van der Waals surface area contributed by atoms with Crippen LogP contribution < -0.4 is 0 Å². The maximum Gasteiger partial charge on any atom is 0.436 e. The van der Waals surface area contributed by atoms with Gasteiger partial charge in [-0.25, -0.2) is 0 Å². The quantitative estimate of drug-likeness (QED) is 0.702. The Morgan fingerprint density at radius 2 is 1.79 bits per heavy atom. The summed E-state index contributed by atoms with van der Waals surface area (Å²) < 4.78 is 40.3. The molecule has 1 heterocycles. The van der Waals surface area contributed by atoms with Crippen LogP contribution in [0.25, 0.3) is 0 Å². The molecule has 0 aliphatic heterocycles. The van der Waals surface area contributed by atoms with Crippen molar-refractivity contribution in [2.75, 3.05) is 0 Å². The molecule has 0 aliphatic rings. The molecule has 0 fully saturated rings. The van der Waals surface area contributed by atoms with Gasteiger partial charge in [0.25, 0.3) is 0 Å². The summed E-state index contributed by atoms with van der Waals surface area (Å²) in [7, 11) is 0. The SMILES string of the molecule is CC.CC(C)c1cc(C(F)(F)F)no1. The summed E-state index contributed by atoms with van der Waals surface area (Å²) in [5, 5.41) is 2.91. The number of hydrogen-bond donors (Lipinski definition) is 0. The minimum Gasteiger partial charge on any atom is -0.361 e. The zero-order chi connectivity index (χ0) is 11.4. The first kappa shape index (κ1) is 13.0. The summed E-state index contributed by atoms with van der Waals surface area (Å²) in [4.78, 5) is 0. The van der Waals surface area contributed by atoms with E-state index in [9.17, 15) is 13.2 Å². The summed E-state index contributed by atoms with van der Waals surface area (Å²) in [6.45, 7) is 7.47. The van der Waals surface area contributed by atoms with E-state index in [0.717, 1.165) is 6.07 Å². The fraction of sp³-hybridized carbons (Fsp3) is 0.667. The molecule has 0 unspecified atom stereocenters. The molecule has 2 nitrogen and oxygen atoms in total. The third-order valence-electron chi connectivity index (χ3n) is 1.39. The Morgan fingerprint density at radius 3 is 2.00 bits per heavy atom. The maximum atomic E-state index is 11.9. The summed E-state index contributed by atoms with van der Waals surface area (Å²) in [5.74, 6) is 0.177. The highest BCUT2D eigenvalue weighted by Crippen LogP contribution is 2.29. The van der Waals surface area contributed by atoms with Crippen LogP contribution in [0.3, 0.4) is 0 Å². The molecule has 0 saturated carbocycles. The standard InChI is InChI=1S/C7H8F3NO.C2H6/c1-4(2)5-3-6(11-12-5)7(8,9)10;1-2/h3-4H,1-2H3;1-2H3. The van der Waals surface area contributed by atoms with Gasteiger partial charge < -0.3 is 4.52 Å². The fourth-order valence-electron chi connectivity index (χ4n) is 0.695. The minimum absolute atomic E-state index is 0.0754. The van der Waals surface area contributed by atoms with E-state index >= 15 is 0 Å². The highest BCUT2D eigenvalue weighted by atomic mass is 19.4. The molecule has 0 amide bonds. The number of halogens is 3. The van der Waals surface area contributed by atoms with Crippen LogP contribution in [0.2, 0.25) is 0 Å². The van der Waals surface area contributed by atoms with E-state index < -0.39 is 11.9 Å². The molecule has 0 saturated heterocycles. The van der Waals surface area contributed by atoms with Crippen LogP contribution >= 0.6 is 0 Å². The van der Waals surface area contributed by atoms with Crippen LogP contribution in [0.5, 0.6) is 0 Å². The largest absolute Gasteiger partial charge is 0.436 e. The van der Waals surface area contributed by atoms with Crippen LogP contribution in [0.15, 0.2) is 10.6 Å². The van der Waals surface area contributed by atoms with Crippen LogP contribution in [0.4, 0.5) is 13.2 Å². The Balaban J connectivity index is 0.000000791. The van der Waals surface area contributed by atoms with Crippen molar-refractivity contribution < 1.29 is 17.7 Å². The molecule has 0 aromatic carbocycles. The van der Waals surface area contributed by atoms with Crippen molar-refractivity contribution in [1.82, 2.24) is 5.16 Å². The molecular formula is C9H14F3NO. The van der Waals surface area contributed by atoms with Gasteiger partial charge in [-0.05, 0) is 0 Å². The van der Waals surface area contributed by atoms with E-state index in [2.05, 4.69) is 9.68 Å². The van der Waals surface area contributed by atoms with Crippen molar-refractivity contribution in [3.63, 3.8) is 0 Å². The number of aromatic nitrogens is 1. The Bertz CT molecular complexity index is 265. The lowest BCUT2D eigenvalue weighted by Crippen LogP contribution is -2.04. The van der Waals surface area contributed by atoms with E-state index in [1.165, 1.54) is 0 Å². The maximum absolute atomic E-state index is 11.9. The van der Waals surface area contributed by atoms with Gasteiger partial charge in [-0.2, -0.15) is 13.2 Å². The van der Waals surface area contributed by atoms with Gasteiger partial charge in [0, 0.05) is 12.0 Å². The molecule has 0 aliphatic carbocycles. The summed E-state index contributed by atoms with van der Waals surface area (Å²) in [6, 6.07) is 0.921. The molecule has 0 radical (unpaired) electrons. The first-order valence-electron chi connectivity index (χ1n) is 4.45. The Morgan fingerprint density at radius 1 is 1.29 bits per heavy atom. The van der Waals surface area contributed by atoms with Gasteiger partial charge in [-0.15, -0.1) is 0 Å². The van der Waals surface area contributed by atoms with Crippen molar-refractivity contribution in [3.05, 3.63) is 17.5 Å². The zero-order valence-corrected chi connectivity index (χ0v) is 8.64. The first-order valence-corrected chi connectivity index (χ1v) is 4.45. The molecule has 14 heavy (non-hydrogen) atoms. The van der Waals surface area contributed by atoms with Gasteiger partial charge in [0.15, 0.2) is 5.69 Å². The van der Waals surface area contributed by atoms with Crippen LogP contribution in [-0.2, 0) is 6.18 Å². The normalized spacial score (nSPS) is 11.1. The van der Waals surface area contributed by atoms with Gasteiger partial charge in [-0.3, -0.25) is 0 Å². The molecule has 0 bridgehead atoms. The first-order chi connectivity index (χ1) is 6.41. The van der Waals surface area contributed by atoms with Crippen molar-refractivity contribution in [3.8, 4) is 0 Å². The van der Waals surface area contributed by atoms with Crippen molar-refractivity contribution in [2.45, 2.75) is 39.8 Å². The van der Waals surface area contributed by atoms with Crippen LogP contribution in [-0.4, -0.2) is 5.16 Å². The van der Waals surface area contributed by atoms with E-state index in [1.807, 2.05) is 13.8 Å². The third kappa shape index (κ3) is 3.40. The van der Waals surface area contributed by atoms with Gasteiger partial charge in [-0.1, -0.05) is 32.9 Å². The average Bonchev–Trinajstić information content (AvgIpc) is 2.54. The number of alkyl halides is 3. The molecule has 5 heteroatoms. The van der Waals surface area contributed by atoms with E-state index in [1.54, 1.807) is 13.8 Å². The van der Waals surface area contributed by atoms with E-state index in [-0.39, 0.29) is 11.7 Å². The summed E-state index contributed by atoms with van der Waals surface area (Å²) in [5.41, 5.74) is -0.966. The second kappa shape index (κ2) is 5.02. The number of rotatable bonds is 1.